The number of rotatable bonds is 10. The molecule has 0 bridgehead atoms. The Kier molecular flexibility index (Phi) is 8.20. The van der Waals surface area contributed by atoms with Gasteiger partial charge in [0.05, 0.1) is 32.7 Å². The number of nitrogens with zero attached hydrogens (tertiary/aromatic N) is 3. The summed E-state index contributed by atoms with van der Waals surface area (Å²) in [4.78, 5) is 19.6. The number of aromatic nitrogens is 2. The minimum Gasteiger partial charge on any atom is -0.497 e. The Hall–Kier alpha value is -3.59. The Balaban J connectivity index is 1.25. The van der Waals surface area contributed by atoms with Gasteiger partial charge in [0.15, 0.2) is 0 Å². The Morgan fingerprint density at radius 3 is 2.43 bits per heavy atom. The van der Waals surface area contributed by atoms with E-state index in [1.165, 1.54) is 0 Å². The molecule has 2 atom stereocenters. The standard InChI is InChI=1S/C26H32N4O5/c1-18(17-34-23-12-10-22(33-3)11-13-23)27-26(31)20-5-4-14-30(15-20)16-24-28-25(29-35-24)19-6-8-21(32-2)9-7-19/h6-13,18,20H,4-5,14-17H2,1-3H3,(H,27,31). The molecule has 1 aromatic heterocycles. The maximum Gasteiger partial charge on any atom is 0.241 e. The highest BCUT2D eigenvalue weighted by atomic mass is 16.5. The molecule has 186 valence electrons. The molecule has 0 aliphatic carbocycles. The van der Waals surface area contributed by atoms with Gasteiger partial charge in [-0.3, -0.25) is 9.69 Å². The molecule has 9 nitrogen and oxygen atoms in total. The van der Waals surface area contributed by atoms with Crippen LogP contribution in [0.2, 0.25) is 0 Å². The summed E-state index contributed by atoms with van der Waals surface area (Å²) in [6.07, 6.45) is 1.80. The van der Waals surface area contributed by atoms with Gasteiger partial charge in [-0.2, -0.15) is 4.98 Å². The second kappa shape index (κ2) is 11.7. The lowest BCUT2D eigenvalue weighted by molar-refractivity contribution is -0.127. The van der Waals surface area contributed by atoms with Gasteiger partial charge in [-0.25, -0.2) is 0 Å². The van der Waals surface area contributed by atoms with Gasteiger partial charge < -0.3 is 24.1 Å². The minimum atomic E-state index is -0.108. The minimum absolute atomic E-state index is 0.0463. The van der Waals surface area contributed by atoms with Crippen LogP contribution in [0.3, 0.4) is 0 Å². The van der Waals surface area contributed by atoms with E-state index in [4.69, 9.17) is 18.7 Å². The summed E-state index contributed by atoms with van der Waals surface area (Å²) in [5, 5.41) is 7.19. The number of methoxy groups -OCH3 is 2. The number of nitrogens with one attached hydrogen (secondary N) is 1. The van der Waals surface area contributed by atoms with Crippen LogP contribution < -0.4 is 19.5 Å². The van der Waals surface area contributed by atoms with E-state index >= 15 is 0 Å². The Labute approximate surface area is 205 Å². The molecule has 0 radical (unpaired) electrons. The third-order valence-electron chi connectivity index (χ3n) is 6.00. The molecule has 4 rings (SSSR count). The molecule has 1 N–H and O–H groups in total. The number of likely N-dealkylation sites (tertiary alicyclic amines) is 1. The summed E-state index contributed by atoms with van der Waals surface area (Å²) in [5.74, 6) is 3.33. The normalized spacial score (nSPS) is 16.9. The number of amides is 1. The average molecular weight is 481 g/mol. The molecule has 35 heavy (non-hydrogen) atoms. The topological polar surface area (TPSA) is 99.0 Å². The first-order valence-corrected chi connectivity index (χ1v) is 11.8. The third kappa shape index (κ3) is 6.73. The van der Waals surface area contributed by atoms with Crippen molar-refractivity contribution in [1.82, 2.24) is 20.4 Å². The molecule has 1 aliphatic heterocycles. The summed E-state index contributed by atoms with van der Waals surface area (Å²) >= 11 is 0. The number of carbonyl (C=O) groups excluding carboxylic acids is 1. The zero-order valence-electron chi connectivity index (χ0n) is 20.4. The van der Waals surface area contributed by atoms with Crippen molar-refractivity contribution in [3.8, 4) is 28.6 Å². The summed E-state index contributed by atoms with van der Waals surface area (Å²) in [5.41, 5.74) is 0.863. The van der Waals surface area contributed by atoms with Crippen molar-refractivity contribution in [2.75, 3.05) is 33.9 Å². The maximum absolute atomic E-state index is 12.9. The second-order valence-electron chi connectivity index (χ2n) is 8.71. The van der Waals surface area contributed by atoms with Crippen molar-refractivity contribution < 1.29 is 23.5 Å². The number of piperidine rings is 1. The molecule has 1 saturated heterocycles. The summed E-state index contributed by atoms with van der Waals surface area (Å²) in [7, 11) is 3.26. The molecule has 2 aromatic carbocycles. The molecule has 0 spiro atoms. The predicted molar refractivity (Wildman–Crippen MR) is 130 cm³/mol. The number of benzene rings is 2. The second-order valence-corrected chi connectivity index (χ2v) is 8.71. The maximum atomic E-state index is 12.9. The molecular weight excluding hydrogens is 448 g/mol. The van der Waals surface area contributed by atoms with E-state index in [0.717, 1.165) is 42.2 Å². The zero-order valence-corrected chi connectivity index (χ0v) is 20.4. The Morgan fingerprint density at radius 1 is 1.09 bits per heavy atom. The quantitative estimate of drug-likeness (QED) is 0.470. The van der Waals surface area contributed by atoms with Crippen LogP contribution in [-0.4, -0.2) is 60.9 Å². The highest BCUT2D eigenvalue weighted by molar-refractivity contribution is 5.79. The molecular formula is C26H32N4O5. The summed E-state index contributed by atoms with van der Waals surface area (Å²) in [6.45, 7) is 4.40. The lowest BCUT2D eigenvalue weighted by atomic mass is 9.97. The Morgan fingerprint density at radius 2 is 1.74 bits per heavy atom. The first kappa shape index (κ1) is 24.5. The van der Waals surface area contributed by atoms with Gasteiger partial charge in [-0.15, -0.1) is 0 Å². The van der Waals surface area contributed by atoms with Crippen LogP contribution in [0.1, 0.15) is 25.7 Å². The van der Waals surface area contributed by atoms with Gasteiger partial charge in [-0.1, -0.05) is 5.16 Å². The molecule has 9 heteroatoms. The molecule has 0 saturated carbocycles. The van der Waals surface area contributed by atoms with Crippen LogP contribution in [0.15, 0.2) is 53.1 Å². The largest absolute Gasteiger partial charge is 0.497 e. The summed E-state index contributed by atoms with van der Waals surface area (Å²) in [6, 6.07) is 14.8. The third-order valence-corrected chi connectivity index (χ3v) is 6.00. The van der Waals surface area contributed by atoms with Gasteiger partial charge in [0.2, 0.25) is 17.6 Å². The van der Waals surface area contributed by atoms with E-state index in [-0.39, 0.29) is 17.9 Å². The van der Waals surface area contributed by atoms with E-state index in [9.17, 15) is 4.79 Å². The zero-order chi connectivity index (χ0) is 24.6. The lowest BCUT2D eigenvalue weighted by Crippen LogP contribution is -2.46. The highest BCUT2D eigenvalue weighted by Gasteiger charge is 2.27. The molecule has 1 amide bonds. The van der Waals surface area contributed by atoms with Crippen molar-refractivity contribution in [3.05, 3.63) is 54.4 Å². The van der Waals surface area contributed by atoms with Crippen LogP contribution in [0.4, 0.5) is 0 Å². The fraction of sp³-hybridized carbons (Fsp3) is 0.423. The fourth-order valence-corrected chi connectivity index (χ4v) is 4.08. The lowest BCUT2D eigenvalue weighted by Gasteiger charge is -2.31. The molecule has 2 heterocycles. The van der Waals surface area contributed by atoms with Crippen LogP contribution in [0.25, 0.3) is 11.4 Å². The van der Waals surface area contributed by atoms with Crippen LogP contribution in [0.5, 0.6) is 17.2 Å². The van der Waals surface area contributed by atoms with Crippen LogP contribution in [-0.2, 0) is 11.3 Å². The van der Waals surface area contributed by atoms with E-state index in [0.29, 0.717) is 31.4 Å². The SMILES string of the molecule is COc1ccc(OCC(C)NC(=O)C2CCCN(Cc3nc(-c4ccc(OC)cc4)no3)C2)cc1. The summed E-state index contributed by atoms with van der Waals surface area (Å²) < 4.78 is 21.6. The monoisotopic (exact) mass is 480 g/mol. The Bertz CT molecular complexity index is 1080. The molecule has 1 fully saturated rings. The van der Waals surface area contributed by atoms with E-state index < -0.39 is 0 Å². The van der Waals surface area contributed by atoms with Gasteiger partial charge in [0, 0.05) is 12.1 Å². The van der Waals surface area contributed by atoms with Crippen molar-refractivity contribution in [3.63, 3.8) is 0 Å². The van der Waals surface area contributed by atoms with Crippen molar-refractivity contribution in [2.45, 2.75) is 32.4 Å². The van der Waals surface area contributed by atoms with Crippen molar-refractivity contribution in [2.24, 2.45) is 5.92 Å². The van der Waals surface area contributed by atoms with Gasteiger partial charge in [-0.05, 0) is 74.8 Å². The van der Waals surface area contributed by atoms with Gasteiger partial charge in [0.25, 0.3) is 0 Å². The smallest absolute Gasteiger partial charge is 0.241 e. The van der Waals surface area contributed by atoms with Crippen LogP contribution in [0, 0.1) is 5.92 Å². The van der Waals surface area contributed by atoms with Crippen molar-refractivity contribution in [1.29, 1.82) is 0 Å². The van der Waals surface area contributed by atoms with Crippen LogP contribution >= 0.6 is 0 Å². The molecule has 3 aromatic rings. The van der Waals surface area contributed by atoms with Crippen molar-refractivity contribution >= 4 is 5.91 Å². The highest BCUT2D eigenvalue weighted by Crippen LogP contribution is 2.22. The number of carbonyl (C=O) groups is 1. The number of hydrogen-bond acceptors (Lipinski definition) is 8. The van der Waals surface area contributed by atoms with E-state index in [1.807, 2.05) is 55.5 Å². The van der Waals surface area contributed by atoms with E-state index in [1.54, 1.807) is 14.2 Å². The number of ether oxygens (including phenoxy) is 3. The molecule has 2 unspecified atom stereocenters. The predicted octanol–water partition coefficient (Wildman–Crippen LogP) is 3.55. The van der Waals surface area contributed by atoms with Gasteiger partial charge in [0.1, 0.15) is 23.9 Å². The first-order valence-electron chi connectivity index (χ1n) is 11.8. The average Bonchev–Trinajstić information content (AvgIpc) is 3.36. The molecule has 1 aliphatic rings. The van der Waals surface area contributed by atoms with E-state index in [2.05, 4.69) is 20.4 Å². The fourth-order valence-electron chi connectivity index (χ4n) is 4.08. The number of hydrogen-bond donors (Lipinski definition) is 1. The first-order chi connectivity index (χ1) is 17.0. The van der Waals surface area contributed by atoms with Gasteiger partial charge >= 0.3 is 0 Å².